The second-order valence-corrected chi connectivity index (χ2v) is 8.56. The van der Waals surface area contributed by atoms with Gasteiger partial charge in [-0.2, -0.15) is 0 Å². The van der Waals surface area contributed by atoms with E-state index in [-0.39, 0.29) is 10.8 Å². The molecule has 5 nitrogen and oxygen atoms in total. The van der Waals surface area contributed by atoms with Crippen LogP contribution in [-0.2, 0) is 15.8 Å². The van der Waals surface area contributed by atoms with Crippen LogP contribution in [0.4, 0.5) is 5.95 Å². The van der Waals surface area contributed by atoms with Gasteiger partial charge in [0.2, 0.25) is 5.95 Å². The third-order valence-electron chi connectivity index (χ3n) is 3.59. The fraction of sp³-hybridized carbons (Fsp3) is 0.158. The smallest absolute Gasteiger partial charge is 0.247 e. The molecule has 134 valence electrons. The van der Waals surface area contributed by atoms with Crippen LogP contribution in [0.5, 0.6) is 0 Å². The lowest BCUT2D eigenvalue weighted by atomic mass is 10.2. The largest absolute Gasteiger partial charge is 0.264 e. The van der Waals surface area contributed by atoms with Crippen molar-refractivity contribution in [2.24, 2.45) is 0 Å². The molecule has 1 aromatic heterocycles. The summed E-state index contributed by atoms with van der Waals surface area (Å²) < 4.78 is 27.5. The van der Waals surface area contributed by atoms with Crippen molar-refractivity contribution in [1.29, 1.82) is 0 Å². The standard InChI is InChI=1S/C19H19N3O2S2/c1-14-12-15(2)21-19(20-14)22-26(23,24)18-10-8-17(9-11-18)25-13-16-6-4-3-5-7-16/h3-12H,13H2,1-2H3,(H,20,21,22). The van der Waals surface area contributed by atoms with Crippen molar-refractivity contribution in [2.75, 3.05) is 4.72 Å². The Kier molecular flexibility index (Phi) is 5.58. The first-order valence-electron chi connectivity index (χ1n) is 8.04. The maximum atomic E-state index is 12.5. The third kappa shape index (κ3) is 4.83. The van der Waals surface area contributed by atoms with Crippen LogP contribution >= 0.6 is 11.8 Å². The van der Waals surface area contributed by atoms with Crippen LogP contribution in [0.2, 0.25) is 0 Å². The fourth-order valence-corrected chi connectivity index (χ4v) is 4.20. The highest BCUT2D eigenvalue weighted by molar-refractivity contribution is 7.98. The summed E-state index contributed by atoms with van der Waals surface area (Å²) in [5, 5.41) is 0. The van der Waals surface area contributed by atoms with E-state index in [0.717, 1.165) is 10.6 Å². The van der Waals surface area contributed by atoms with E-state index in [1.165, 1.54) is 5.56 Å². The lowest BCUT2D eigenvalue weighted by molar-refractivity contribution is 0.600. The molecule has 3 aromatic rings. The number of rotatable bonds is 6. The molecule has 3 rings (SSSR count). The Morgan fingerprint density at radius 3 is 2.15 bits per heavy atom. The van der Waals surface area contributed by atoms with E-state index in [1.807, 2.05) is 30.3 Å². The van der Waals surface area contributed by atoms with Crippen molar-refractivity contribution in [3.05, 3.63) is 77.6 Å². The summed E-state index contributed by atoms with van der Waals surface area (Å²) in [7, 11) is -3.71. The maximum Gasteiger partial charge on any atom is 0.264 e. The lowest BCUT2D eigenvalue weighted by Crippen LogP contribution is -2.15. The van der Waals surface area contributed by atoms with Gasteiger partial charge < -0.3 is 0 Å². The lowest BCUT2D eigenvalue weighted by Gasteiger charge is -2.09. The number of anilines is 1. The molecule has 26 heavy (non-hydrogen) atoms. The van der Waals surface area contributed by atoms with Gasteiger partial charge in [-0.1, -0.05) is 30.3 Å². The molecule has 0 amide bonds. The zero-order valence-corrected chi connectivity index (χ0v) is 16.1. The molecule has 0 radical (unpaired) electrons. The number of nitrogens with one attached hydrogen (secondary N) is 1. The number of benzene rings is 2. The van der Waals surface area contributed by atoms with E-state index in [9.17, 15) is 8.42 Å². The summed E-state index contributed by atoms with van der Waals surface area (Å²) in [6.45, 7) is 3.59. The van der Waals surface area contributed by atoms with Crippen molar-refractivity contribution in [3.63, 3.8) is 0 Å². The number of sulfonamides is 1. The molecule has 0 atom stereocenters. The number of hydrogen-bond acceptors (Lipinski definition) is 5. The van der Waals surface area contributed by atoms with Crippen LogP contribution < -0.4 is 4.72 Å². The Bertz CT molecular complexity index is 969. The van der Waals surface area contributed by atoms with E-state index in [2.05, 4.69) is 26.8 Å². The second-order valence-electron chi connectivity index (χ2n) is 5.83. The highest BCUT2D eigenvalue weighted by Gasteiger charge is 2.16. The van der Waals surface area contributed by atoms with Crippen molar-refractivity contribution in [3.8, 4) is 0 Å². The van der Waals surface area contributed by atoms with Gasteiger partial charge >= 0.3 is 0 Å². The monoisotopic (exact) mass is 385 g/mol. The number of hydrogen-bond donors (Lipinski definition) is 1. The molecular weight excluding hydrogens is 366 g/mol. The average Bonchev–Trinajstić information content (AvgIpc) is 2.60. The Morgan fingerprint density at radius 2 is 1.54 bits per heavy atom. The molecule has 1 heterocycles. The van der Waals surface area contributed by atoms with Gasteiger partial charge in [0.05, 0.1) is 4.90 Å². The molecule has 0 aliphatic heterocycles. The van der Waals surface area contributed by atoms with Gasteiger partial charge in [-0.3, -0.25) is 0 Å². The highest BCUT2D eigenvalue weighted by atomic mass is 32.2. The van der Waals surface area contributed by atoms with Crippen LogP contribution in [0.3, 0.4) is 0 Å². The summed E-state index contributed by atoms with van der Waals surface area (Å²) in [4.78, 5) is 9.43. The summed E-state index contributed by atoms with van der Waals surface area (Å²) in [5.74, 6) is 0.923. The maximum absolute atomic E-state index is 12.5. The van der Waals surface area contributed by atoms with Gasteiger partial charge in [0.25, 0.3) is 10.0 Å². The minimum absolute atomic E-state index is 0.0880. The van der Waals surface area contributed by atoms with Crippen molar-refractivity contribution in [1.82, 2.24) is 9.97 Å². The molecule has 2 aromatic carbocycles. The van der Waals surface area contributed by atoms with Crippen molar-refractivity contribution < 1.29 is 8.42 Å². The first-order chi connectivity index (χ1) is 12.4. The minimum atomic E-state index is -3.71. The average molecular weight is 386 g/mol. The first-order valence-corrected chi connectivity index (χ1v) is 10.5. The SMILES string of the molecule is Cc1cc(C)nc(NS(=O)(=O)c2ccc(SCc3ccccc3)cc2)n1. The van der Waals surface area contributed by atoms with Crippen LogP contribution in [0.1, 0.15) is 17.0 Å². The summed E-state index contributed by atoms with van der Waals surface area (Å²) in [6.07, 6.45) is 0. The molecule has 0 saturated carbocycles. The molecule has 0 saturated heterocycles. The van der Waals surface area contributed by atoms with Crippen LogP contribution in [0.25, 0.3) is 0 Å². The molecular formula is C19H19N3O2S2. The Morgan fingerprint density at radius 1 is 0.923 bits per heavy atom. The minimum Gasteiger partial charge on any atom is -0.247 e. The van der Waals surface area contributed by atoms with Gasteiger partial charge in [0, 0.05) is 22.0 Å². The summed E-state index contributed by atoms with van der Waals surface area (Å²) in [5.41, 5.74) is 2.65. The predicted molar refractivity (Wildman–Crippen MR) is 105 cm³/mol. The number of aromatic nitrogens is 2. The molecule has 7 heteroatoms. The van der Waals surface area contributed by atoms with Crippen LogP contribution in [0.15, 0.2) is 70.5 Å². The zero-order valence-electron chi connectivity index (χ0n) is 14.5. The third-order valence-corrected chi connectivity index (χ3v) is 6.02. The van der Waals surface area contributed by atoms with Gasteiger partial charge in [-0.15, -0.1) is 11.8 Å². The molecule has 0 spiro atoms. The zero-order chi connectivity index (χ0) is 18.6. The van der Waals surface area contributed by atoms with Crippen molar-refractivity contribution in [2.45, 2.75) is 29.4 Å². The van der Waals surface area contributed by atoms with E-state index < -0.39 is 10.0 Å². The predicted octanol–water partition coefficient (Wildman–Crippen LogP) is 4.19. The Hall–Kier alpha value is -2.38. The topological polar surface area (TPSA) is 72.0 Å². The first kappa shape index (κ1) is 18.4. The molecule has 0 unspecified atom stereocenters. The van der Waals surface area contributed by atoms with E-state index in [1.54, 1.807) is 43.8 Å². The molecule has 0 bridgehead atoms. The molecule has 0 fully saturated rings. The summed E-state index contributed by atoms with van der Waals surface area (Å²) in [6, 6.07) is 18.7. The van der Waals surface area contributed by atoms with Gasteiger partial charge in [0.1, 0.15) is 0 Å². The Balaban J connectivity index is 1.70. The normalized spacial score (nSPS) is 11.3. The van der Waals surface area contributed by atoms with Crippen LogP contribution in [-0.4, -0.2) is 18.4 Å². The van der Waals surface area contributed by atoms with E-state index in [0.29, 0.717) is 11.4 Å². The number of aryl methyl sites for hydroxylation is 2. The van der Waals surface area contributed by atoms with E-state index >= 15 is 0 Å². The van der Waals surface area contributed by atoms with Crippen molar-refractivity contribution >= 4 is 27.7 Å². The second kappa shape index (κ2) is 7.88. The van der Waals surface area contributed by atoms with Gasteiger partial charge in [-0.05, 0) is 49.7 Å². The quantitative estimate of drug-likeness (QED) is 0.644. The highest BCUT2D eigenvalue weighted by Crippen LogP contribution is 2.24. The molecule has 0 aliphatic rings. The van der Waals surface area contributed by atoms with E-state index in [4.69, 9.17) is 0 Å². The molecule has 1 N–H and O–H groups in total. The molecule has 0 aliphatic carbocycles. The number of nitrogens with zero attached hydrogens (tertiary/aromatic N) is 2. The Labute approximate surface area is 158 Å². The number of thioether (sulfide) groups is 1. The van der Waals surface area contributed by atoms with Gasteiger partial charge in [0.15, 0.2) is 0 Å². The summed E-state index contributed by atoms with van der Waals surface area (Å²) >= 11 is 1.66. The fourth-order valence-electron chi connectivity index (χ4n) is 2.41. The van der Waals surface area contributed by atoms with Crippen LogP contribution in [0, 0.1) is 13.8 Å². The van der Waals surface area contributed by atoms with Gasteiger partial charge in [-0.25, -0.2) is 23.1 Å².